The summed E-state index contributed by atoms with van der Waals surface area (Å²) >= 11 is 0. The average molecular weight is 598 g/mol. The molecule has 0 radical (unpaired) electrons. The van der Waals surface area contributed by atoms with E-state index >= 15 is 0 Å². The molecule has 0 spiro atoms. The summed E-state index contributed by atoms with van der Waals surface area (Å²) in [6.07, 6.45) is 1.02. The summed E-state index contributed by atoms with van der Waals surface area (Å²) in [5.41, 5.74) is 3.98. The Morgan fingerprint density at radius 2 is 1.47 bits per heavy atom. The minimum Gasteiger partial charge on any atom is -0.354 e. The van der Waals surface area contributed by atoms with Gasteiger partial charge in [-0.15, -0.1) is 0 Å². The van der Waals surface area contributed by atoms with Gasteiger partial charge >= 0.3 is 0 Å². The van der Waals surface area contributed by atoms with Gasteiger partial charge in [0.1, 0.15) is 12.6 Å². The molecule has 8 heteroatoms. The number of aryl methyl sites for hydroxylation is 2. The number of nitrogens with one attached hydrogen (secondary N) is 1. The first kappa shape index (κ1) is 31.5. The SMILES string of the molecule is CCCNC(=O)[C@H](Cc1ccccc1)N(Cc1ccccc1C)C(=O)CN(c1cccc(C)c1)S(=O)(=O)c1ccccc1. The van der Waals surface area contributed by atoms with Crippen LogP contribution >= 0.6 is 0 Å². The van der Waals surface area contributed by atoms with Gasteiger partial charge < -0.3 is 10.2 Å². The molecule has 7 nitrogen and oxygen atoms in total. The van der Waals surface area contributed by atoms with E-state index in [0.717, 1.165) is 33.0 Å². The van der Waals surface area contributed by atoms with Crippen molar-refractivity contribution in [3.8, 4) is 0 Å². The monoisotopic (exact) mass is 597 g/mol. The highest BCUT2D eigenvalue weighted by Crippen LogP contribution is 2.26. The summed E-state index contributed by atoms with van der Waals surface area (Å²) in [5.74, 6) is -0.752. The van der Waals surface area contributed by atoms with Gasteiger partial charge in [-0.1, -0.05) is 91.9 Å². The van der Waals surface area contributed by atoms with E-state index < -0.39 is 28.5 Å². The van der Waals surface area contributed by atoms with Gasteiger partial charge in [0.25, 0.3) is 10.0 Å². The Bertz CT molecular complexity index is 1630. The highest BCUT2D eigenvalue weighted by Gasteiger charge is 2.34. The Hall–Kier alpha value is -4.43. The average Bonchev–Trinajstić information content (AvgIpc) is 3.02. The number of hydrogen-bond acceptors (Lipinski definition) is 4. The normalized spacial score (nSPS) is 11.9. The first-order valence-electron chi connectivity index (χ1n) is 14.5. The van der Waals surface area contributed by atoms with Crippen molar-refractivity contribution in [1.29, 1.82) is 0 Å². The van der Waals surface area contributed by atoms with Crippen LogP contribution in [0.5, 0.6) is 0 Å². The second kappa shape index (κ2) is 14.6. The van der Waals surface area contributed by atoms with E-state index in [2.05, 4.69) is 5.32 Å². The van der Waals surface area contributed by atoms with E-state index in [-0.39, 0.29) is 23.8 Å². The molecule has 0 saturated carbocycles. The Morgan fingerprint density at radius 3 is 2.12 bits per heavy atom. The maximum atomic E-state index is 14.5. The summed E-state index contributed by atoms with van der Waals surface area (Å²) in [7, 11) is -4.11. The molecule has 1 N–H and O–H groups in total. The third-order valence-corrected chi connectivity index (χ3v) is 9.11. The van der Waals surface area contributed by atoms with Gasteiger partial charge in [0, 0.05) is 19.5 Å². The van der Waals surface area contributed by atoms with E-state index in [1.54, 1.807) is 36.4 Å². The van der Waals surface area contributed by atoms with Crippen molar-refractivity contribution < 1.29 is 18.0 Å². The van der Waals surface area contributed by atoms with Crippen LogP contribution in [0.1, 0.15) is 35.6 Å². The molecule has 0 aromatic heterocycles. The number of carbonyl (C=O) groups excluding carboxylic acids is 2. The summed E-state index contributed by atoms with van der Waals surface area (Å²) in [6.45, 7) is 5.94. The number of anilines is 1. The van der Waals surface area contributed by atoms with E-state index in [4.69, 9.17) is 0 Å². The quantitative estimate of drug-likeness (QED) is 0.215. The van der Waals surface area contributed by atoms with Gasteiger partial charge in [0.2, 0.25) is 11.8 Å². The molecule has 0 unspecified atom stereocenters. The zero-order chi connectivity index (χ0) is 30.8. The second-order valence-electron chi connectivity index (χ2n) is 10.6. The fraction of sp³-hybridized carbons (Fsp3) is 0.257. The Kier molecular flexibility index (Phi) is 10.7. The molecule has 0 aliphatic carbocycles. The molecule has 1 atom stereocenters. The van der Waals surface area contributed by atoms with E-state index in [9.17, 15) is 18.0 Å². The van der Waals surface area contributed by atoms with Gasteiger partial charge in [-0.2, -0.15) is 0 Å². The highest BCUT2D eigenvalue weighted by molar-refractivity contribution is 7.92. The maximum Gasteiger partial charge on any atom is 0.264 e. The predicted octanol–water partition coefficient (Wildman–Crippen LogP) is 5.67. The molecule has 0 fully saturated rings. The largest absolute Gasteiger partial charge is 0.354 e. The van der Waals surface area contributed by atoms with Crippen LogP contribution in [0.15, 0.2) is 114 Å². The lowest BCUT2D eigenvalue weighted by Crippen LogP contribution is -2.53. The van der Waals surface area contributed by atoms with Crippen LogP contribution in [0.2, 0.25) is 0 Å². The van der Waals surface area contributed by atoms with E-state index in [0.29, 0.717) is 12.2 Å². The van der Waals surface area contributed by atoms with Gasteiger partial charge in [0.05, 0.1) is 10.6 Å². The van der Waals surface area contributed by atoms with Crippen molar-refractivity contribution in [3.05, 3.63) is 131 Å². The number of benzene rings is 4. The van der Waals surface area contributed by atoms with Crippen LogP contribution in [0, 0.1) is 13.8 Å². The van der Waals surface area contributed by atoms with Crippen molar-refractivity contribution >= 4 is 27.5 Å². The van der Waals surface area contributed by atoms with Crippen LogP contribution in [0.3, 0.4) is 0 Å². The molecule has 4 rings (SSSR count). The number of sulfonamides is 1. The van der Waals surface area contributed by atoms with Crippen molar-refractivity contribution in [1.82, 2.24) is 10.2 Å². The number of nitrogens with zero attached hydrogens (tertiary/aromatic N) is 2. The van der Waals surface area contributed by atoms with Crippen molar-refractivity contribution in [2.24, 2.45) is 0 Å². The molecule has 224 valence electrons. The highest BCUT2D eigenvalue weighted by atomic mass is 32.2. The van der Waals surface area contributed by atoms with Gasteiger partial charge in [-0.25, -0.2) is 8.42 Å². The van der Waals surface area contributed by atoms with Crippen LogP contribution in [0.25, 0.3) is 0 Å². The molecule has 0 aliphatic heterocycles. The summed E-state index contributed by atoms with van der Waals surface area (Å²) < 4.78 is 29.2. The first-order valence-corrected chi connectivity index (χ1v) is 15.9. The molecule has 4 aromatic rings. The van der Waals surface area contributed by atoms with Crippen molar-refractivity contribution in [2.75, 3.05) is 17.4 Å². The molecular weight excluding hydrogens is 558 g/mol. The minimum atomic E-state index is -4.11. The van der Waals surface area contributed by atoms with Gasteiger partial charge in [0.15, 0.2) is 0 Å². The van der Waals surface area contributed by atoms with Gasteiger partial charge in [-0.05, 0) is 66.8 Å². The number of carbonyl (C=O) groups is 2. The topological polar surface area (TPSA) is 86.8 Å². The second-order valence-corrected chi connectivity index (χ2v) is 12.5. The Labute approximate surface area is 255 Å². The van der Waals surface area contributed by atoms with Crippen molar-refractivity contribution in [3.63, 3.8) is 0 Å². The molecule has 0 saturated heterocycles. The molecule has 0 bridgehead atoms. The Balaban J connectivity index is 1.80. The third-order valence-electron chi connectivity index (χ3n) is 7.32. The smallest absolute Gasteiger partial charge is 0.264 e. The van der Waals surface area contributed by atoms with Crippen LogP contribution in [0.4, 0.5) is 5.69 Å². The first-order chi connectivity index (χ1) is 20.7. The fourth-order valence-corrected chi connectivity index (χ4v) is 6.35. The predicted molar refractivity (Wildman–Crippen MR) is 171 cm³/mol. The third kappa shape index (κ3) is 8.11. The summed E-state index contributed by atoms with van der Waals surface area (Å²) in [4.78, 5) is 29.8. The molecule has 0 heterocycles. The van der Waals surface area contributed by atoms with Crippen LogP contribution < -0.4 is 9.62 Å². The van der Waals surface area contributed by atoms with E-state index in [1.165, 1.54) is 17.0 Å². The van der Waals surface area contributed by atoms with Crippen molar-refractivity contribution in [2.45, 2.75) is 51.1 Å². The number of hydrogen-bond donors (Lipinski definition) is 1. The maximum absolute atomic E-state index is 14.5. The molecule has 2 amide bonds. The molecule has 43 heavy (non-hydrogen) atoms. The standard InChI is InChI=1S/C35H39N3O4S/c1-4-22-36-35(40)33(24-29-16-7-5-8-17-29)37(25-30-18-12-11-15-28(30)3)34(39)26-38(31-19-13-14-27(2)23-31)43(41,42)32-20-9-6-10-21-32/h5-21,23,33H,4,22,24-26H2,1-3H3,(H,36,40)/t33-/m0/s1. The summed E-state index contributed by atoms with van der Waals surface area (Å²) in [6, 6.07) is 31.6. The molecular formula is C35H39N3O4S. The number of amides is 2. The lowest BCUT2D eigenvalue weighted by Gasteiger charge is -2.34. The Morgan fingerprint density at radius 1 is 0.814 bits per heavy atom. The zero-order valence-corrected chi connectivity index (χ0v) is 25.8. The van der Waals surface area contributed by atoms with Gasteiger partial charge in [-0.3, -0.25) is 13.9 Å². The number of rotatable bonds is 13. The minimum absolute atomic E-state index is 0.0799. The fourth-order valence-electron chi connectivity index (χ4n) is 4.92. The summed E-state index contributed by atoms with van der Waals surface area (Å²) in [5, 5.41) is 2.97. The lowest BCUT2D eigenvalue weighted by atomic mass is 10.0. The van der Waals surface area contributed by atoms with E-state index in [1.807, 2.05) is 81.4 Å². The lowest BCUT2D eigenvalue weighted by molar-refractivity contribution is -0.140. The zero-order valence-electron chi connectivity index (χ0n) is 24.9. The van der Waals surface area contributed by atoms with Crippen LogP contribution in [-0.4, -0.2) is 44.3 Å². The van der Waals surface area contributed by atoms with Crippen LogP contribution in [-0.2, 0) is 32.6 Å². The molecule has 0 aliphatic rings. The molecule has 4 aromatic carbocycles.